The lowest BCUT2D eigenvalue weighted by Gasteiger charge is -2.49. The van der Waals surface area contributed by atoms with Gasteiger partial charge in [0.15, 0.2) is 10.8 Å². The summed E-state index contributed by atoms with van der Waals surface area (Å²) in [5, 5.41) is 32.9. The number of amides is 3. The number of carboxylic acid groups (broad SMARTS) is 1. The molecule has 45 heavy (non-hydrogen) atoms. The lowest BCUT2D eigenvalue weighted by Crippen LogP contribution is -2.71. The van der Waals surface area contributed by atoms with Crippen LogP contribution in [0.25, 0.3) is 0 Å². The number of nitrogens with one attached hydrogen (secondary N) is 2. The van der Waals surface area contributed by atoms with Crippen LogP contribution in [0.1, 0.15) is 70.9 Å². The molecular formula is C27H37N9O6S3. The highest BCUT2D eigenvalue weighted by Crippen LogP contribution is 2.41. The standard InChI is InChI=1S/C27H37N9O6S3/c1-3-5-7-9-11-35-27(31-33-34-35)45-14-17-13-43-24-20(23(39)36(24)21(17)25(40)41)30-22(38)19(32-42-12-10-8-6-4-2)18-15-44-26(29-18)28-16-37/h15-16,20,24H,3-14H2,1-2H3,(H,30,38)(H,40,41)(H,28,29,37)/t20?,24-/m0/s1. The molecule has 1 unspecified atom stereocenters. The van der Waals surface area contributed by atoms with Crippen molar-refractivity contribution in [1.29, 1.82) is 0 Å². The Morgan fingerprint density at radius 3 is 2.71 bits per heavy atom. The number of tetrazole rings is 1. The van der Waals surface area contributed by atoms with Crippen molar-refractivity contribution in [2.75, 3.05) is 23.4 Å². The summed E-state index contributed by atoms with van der Waals surface area (Å²) < 4.78 is 1.72. The third kappa shape index (κ3) is 8.82. The monoisotopic (exact) mass is 679 g/mol. The van der Waals surface area contributed by atoms with Crippen molar-refractivity contribution in [2.45, 2.75) is 88.3 Å². The zero-order chi connectivity index (χ0) is 32.2. The number of oxime groups is 1. The zero-order valence-corrected chi connectivity index (χ0v) is 27.6. The molecule has 2 aromatic heterocycles. The van der Waals surface area contributed by atoms with E-state index >= 15 is 0 Å². The Bertz CT molecular complexity index is 1410. The summed E-state index contributed by atoms with van der Waals surface area (Å²) in [5.74, 6) is -1.81. The van der Waals surface area contributed by atoms with Crippen LogP contribution in [0.15, 0.2) is 27.0 Å². The number of hydrogen-bond donors (Lipinski definition) is 3. The quantitative estimate of drug-likeness (QED) is 0.0463. The number of aromatic nitrogens is 5. The van der Waals surface area contributed by atoms with Crippen molar-refractivity contribution in [2.24, 2.45) is 5.16 Å². The maximum absolute atomic E-state index is 13.4. The molecule has 0 saturated carbocycles. The van der Waals surface area contributed by atoms with E-state index in [1.807, 2.05) is 0 Å². The van der Waals surface area contributed by atoms with Crippen LogP contribution in [-0.4, -0.2) is 94.6 Å². The summed E-state index contributed by atoms with van der Waals surface area (Å²) in [7, 11) is 0. The van der Waals surface area contributed by atoms with E-state index in [2.05, 4.69) is 50.1 Å². The molecule has 2 aromatic rings. The lowest BCUT2D eigenvalue weighted by molar-refractivity contribution is -0.150. The summed E-state index contributed by atoms with van der Waals surface area (Å²) in [6.45, 7) is 5.21. The Labute approximate surface area is 273 Å². The average Bonchev–Trinajstić information content (AvgIpc) is 3.69. The third-order valence-corrected chi connectivity index (χ3v) is 10.2. The van der Waals surface area contributed by atoms with E-state index in [0.717, 1.165) is 62.7 Å². The molecule has 2 aliphatic rings. The minimum absolute atomic E-state index is 0.0860. The minimum Gasteiger partial charge on any atom is -0.477 e. The number of thiazole rings is 1. The van der Waals surface area contributed by atoms with Crippen molar-refractivity contribution in [3.8, 4) is 0 Å². The minimum atomic E-state index is -1.22. The van der Waals surface area contributed by atoms with E-state index in [-0.39, 0.29) is 22.2 Å². The number of aliphatic carboxylic acids is 1. The number of carbonyl (C=O) groups is 4. The Hall–Kier alpha value is -3.51. The van der Waals surface area contributed by atoms with Crippen molar-refractivity contribution >= 4 is 69.9 Å². The summed E-state index contributed by atoms with van der Waals surface area (Å²) in [6.07, 6.45) is 8.58. The van der Waals surface area contributed by atoms with Gasteiger partial charge in [0.05, 0.1) is 0 Å². The molecule has 2 atom stereocenters. The zero-order valence-electron chi connectivity index (χ0n) is 25.1. The molecule has 1 fully saturated rings. The topological polar surface area (TPSA) is 194 Å². The Morgan fingerprint density at radius 1 is 1.20 bits per heavy atom. The fourth-order valence-corrected chi connectivity index (χ4v) is 7.73. The van der Waals surface area contributed by atoms with E-state index in [1.165, 1.54) is 28.4 Å². The number of anilines is 1. The largest absolute Gasteiger partial charge is 0.477 e. The highest BCUT2D eigenvalue weighted by molar-refractivity contribution is 8.01. The van der Waals surface area contributed by atoms with E-state index in [0.29, 0.717) is 41.8 Å². The third-order valence-electron chi connectivity index (χ3n) is 7.02. The van der Waals surface area contributed by atoms with E-state index < -0.39 is 29.2 Å². The van der Waals surface area contributed by atoms with Gasteiger partial charge in [0, 0.05) is 23.4 Å². The number of hydrogen-bond acceptors (Lipinski definition) is 13. The fourth-order valence-electron chi connectivity index (χ4n) is 4.69. The van der Waals surface area contributed by atoms with E-state index in [4.69, 9.17) is 4.84 Å². The normalized spacial score (nSPS) is 18.0. The highest BCUT2D eigenvalue weighted by atomic mass is 32.2. The molecule has 15 nitrogen and oxygen atoms in total. The molecule has 4 heterocycles. The van der Waals surface area contributed by atoms with Crippen LogP contribution in [0.2, 0.25) is 0 Å². The smallest absolute Gasteiger partial charge is 0.352 e. The number of unbranched alkanes of at least 4 members (excludes halogenated alkanes) is 6. The first kappa shape index (κ1) is 34.4. The number of carboxylic acids is 1. The molecule has 0 aliphatic carbocycles. The van der Waals surface area contributed by atoms with Gasteiger partial charge >= 0.3 is 5.97 Å². The second kappa shape index (κ2) is 17.3. The molecule has 0 aromatic carbocycles. The first-order chi connectivity index (χ1) is 21.9. The van der Waals surface area contributed by atoms with Gasteiger partial charge in [-0.25, -0.2) is 14.5 Å². The van der Waals surface area contributed by atoms with Gasteiger partial charge in [-0.1, -0.05) is 62.9 Å². The van der Waals surface area contributed by atoms with Gasteiger partial charge < -0.3 is 20.6 Å². The van der Waals surface area contributed by atoms with Gasteiger partial charge in [-0.15, -0.1) is 28.2 Å². The van der Waals surface area contributed by atoms with Gasteiger partial charge in [0.25, 0.3) is 11.8 Å². The first-order valence-electron chi connectivity index (χ1n) is 14.8. The molecular weight excluding hydrogens is 643 g/mol. The number of aryl methyl sites for hydroxylation is 1. The van der Waals surface area contributed by atoms with Gasteiger partial charge in [-0.3, -0.25) is 19.3 Å². The number of carbonyl (C=O) groups excluding carboxylic acids is 3. The van der Waals surface area contributed by atoms with Crippen LogP contribution in [0, 0.1) is 0 Å². The number of nitrogens with zero attached hydrogens (tertiary/aromatic N) is 7. The molecule has 0 radical (unpaired) electrons. The summed E-state index contributed by atoms with van der Waals surface area (Å²) >= 11 is 3.80. The summed E-state index contributed by atoms with van der Waals surface area (Å²) in [4.78, 5) is 60.7. The van der Waals surface area contributed by atoms with Crippen LogP contribution >= 0.6 is 34.9 Å². The highest BCUT2D eigenvalue weighted by Gasteiger charge is 2.54. The molecule has 18 heteroatoms. The predicted molar refractivity (Wildman–Crippen MR) is 171 cm³/mol. The van der Waals surface area contributed by atoms with Crippen molar-refractivity contribution in [3.63, 3.8) is 0 Å². The maximum atomic E-state index is 13.4. The van der Waals surface area contributed by atoms with Gasteiger partial charge in [0.2, 0.25) is 11.6 Å². The van der Waals surface area contributed by atoms with Crippen LogP contribution in [0.3, 0.4) is 0 Å². The SMILES string of the molecule is CCCCCCON=C(C(=O)NC1C(=O)N2C(C(=O)O)=C(CSc3nnnn3CCCCCC)CS[C@@H]12)c1csc(NC=O)n1. The number of β-lactam (4-membered cyclic amide) rings is 1. The van der Waals surface area contributed by atoms with Gasteiger partial charge in [0.1, 0.15) is 29.4 Å². The Morgan fingerprint density at radius 2 is 1.98 bits per heavy atom. The molecule has 1 saturated heterocycles. The number of thioether (sulfide) groups is 2. The molecule has 2 aliphatic heterocycles. The van der Waals surface area contributed by atoms with Crippen molar-refractivity contribution in [1.82, 2.24) is 35.4 Å². The van der Waals surface area contributed by atoms with Crippen LogP contribution in [0.4, 0.5) is 5.13 Å². The van der Waals surface area contributed by atoms with Crippen LogP contribution in [0.5, 0.6) is 0 Å². The first-order valence-corrected chi connectivity index (χ1v) is 17.8. The fraction of sp³-hybridized carbons (Fsp3) is 0.593. The summed E-state index contributed by atoms with van der Waals surface area (Å²) in [6, 6.07) is -0.970. The predicted octanol–water partition coefficient (Wildman–Crippen LogP) is 3.11. The Balaban J connectivity index is 1.42. The average molecular weight is 680 g/mol. The molecule has 3 N–H and O–H groups in total. The van der Waals surface area contributed by atoms with Gasteiger partial charge in [-0.05, 0) is 35.3 Å². The molecule has 3 amide bonds. The molecule has 4 rings (SSSR count). The number of fused-ring (bicyclic) bond motifs is 1. The molecule has 0 spiro atoms. The van der Waals surface area contributed by atoms with Gasteiger partial charge in [-0.2, -0.15) is 0 Å². The van der Waals surface area contributed by atoms with E-state index in [1.54, 1.807) is 10.1 Å². The van der Waals surface area contributed by atoms with E-state index in [9.17, 15) is 24.3 Å². The Kier molecular flexibility index (Phi) is 13.2. The van der Waals surface area contributed by atoms with Crippen LogP contribution in [-0.2, 0) is 30.6 Å². The van der Waals surface area contributed by atoms with Crippen molar-refractivity contribution < 1.29 is 29.1 Å². The van der Waals surface area contributed by atoms with Crippen molar-refractivity contribution in [3.05, 3.63) is 22.3 Å². The second-order valence-corrected chi connectivity index (χ2v) is 13.2. The summed E-state index contributed by atoms with van der Waals surface area (Å²) in [5.41, 5.74) is 0.514. The maximum Gasteiger partial charge on any atom is 0.352 e. The van der Waals surface area contributed by atoms with Crippen LogP contribution < -0.4 is 10.6 Å². The lowest BCUT2D eigenvalue weighted by atomic mass is 10.0. The molecule has 244 valence electrons. The molecule has 0 bridgehead atoms. The second-order valence-electron chi connectivity index (χ2n) is 10.3. The number of rotatable bonds is 20.